The van der Waals surface area contributed by atoms with Crippen LogP contribution in [-0.4, -0.2) is 10.6 Å². The van der Waals surface area contributed by atoms with Gasteiger partial charge in [-0.2, -0.15) is 0 Å². The van der Waals surface area contributed by atoms with Crippen molar-refractivity contribution in [1.29, 1.82) is 0 Å². The second-order valence-corrected chi connectivity index (χ2v) is 4.96. The lowest BCUT2D eigenvalue weighted by Gasteiger charge is -2.06. The van der Waals surface area contributed by atoms with E-state index >= 15 is 0 Å². The predicted molar refractivity (Wildman–Crippen MR) is 63.5 cm³/mol. The molecule has 0 aliphatic rings. The first-order chi connectivity index (χ1) is 6.54. The zero-order valence-electron chi connectivity index (χ0n) is 8.18. The van der Waals surface area contributed by atoms with Gasteiger partial charge in [-0.15, -0.1) is 11.6 Å². The van der Waals surface area contributed by atoms with Gasteiger partial charge in [0.1, 0.15) is 0 Å². The van der Waals surface area contributed by atoms with Gasteiger partial charge < -0.3 is 0 Å². The van der Waals surface area contributed by atoms with Crippen molar-refractivity contribution in [3.63, 3.8) is 0 Å². The number of alkyl halides is 2. The highest BCUT2D eigenvalue weighted by Crippen LogP contribution is 2.15. The molecule has 1 unspecified atom stereocenters. The molecule has 1 atom stereocenters. The summed E-state index contributed by atoms with van der Waals surface area (Å²) in [5.41, 5.74) is 2.79. The average molecular weight is 276 g/mol. The molecule has 76 valence electrons. The van der Waals surface area contributed by atoms with E-state index in [0.29, 0.717) is 5.88 Å². The first-order valence-electron chi connectivity index (χ1n) is 4.39. The molecule has 0 fully saturated rings. The number of ketones is 1. The largest absolute Gasteiger partial charge is 0.293 e. The van der Waals surface area contributed by atoms with Crippen LogP contribution in [0.4, 0.5) is 0 Å². The van der Waals surface area contributed by atoms with Crippen LogP contribution >= 0.6 is 27.5 Å². The number of aryl methyl sites for hydroxylation is 1. The van der Waals surface area contributed by atoms with Crippen LogP contribution in [0.2, 0.25) is 0 Å². The maximum atomic E-state index is 11.7. The zero-order chi connectivity index (χ0) is 10.7. The third-order valence-electron chi connectivity index (χ3n) is 1.94. The van der Waals surface area contributed by atoms with E-state index in [9.17, 15) is 4.79 Å². The number of hydrogen-bond acceptors (Lipinski definition) is 1. The van der Waals surface area contributed by atoms with Crippen molar-refractivity contribution in [1.82, 2.24) is 0 Å². The first kappa shape index (κ1) is 11.7. The number of carbonyl (C=O) groups excluding carboxylic acids is 1. The molecule has 0 saturated carbocycles. The zero-order valence-corrected chi connectivity index (χ0v) is 10.5. The van der Waals surface area contributed by atoms with E-state index in [1.165, 1.54) is 0 Å². The molecule has 1 aromatic carbocycles. The molecular weight excluding hydrogens is 263 g/mol. The maximum absolute atomic E-state index is 11.7. The molecule has 1 rings (SSSR count). The smallest absolute Gasteiger partial charge is 0.176 e. The SMILES string of the molecule is Cc1cc(CCl)cc(C(=O)C(C)Br)c1. The summed E-state index contributed by atoms with van der Waals surface area (Å²) in [6.45, 7) is 3.79. The fourth-order valence-corrected chi connectivity index (χ4v) is 1.73. The second kappa shape index (κ2) is 4.94. The third-order valence-corrected chi connectivity index (χ3v) is 2.66. The van der Waals surface area contributed by atoms with E-state index < -0.39 is 0 Å². The Morgan fingerprint density at radius 2 is 2.14 bits per heavy atom. The summed E-state index contributed by atoms with van der Waals surface area (Å²) >= 11 is 9.00. The molecule has 0 aliphatic heterocycles. The Labute approximate surface area is 97.6 Å². The van der Waals surface area contributed by atoms with E-state index in [4.69, 9.17) is 11.6 Å². The Balaban J connectivity index is 3.09. The van der Waals surface area contributed by atoms with Crippen LogP contribution in [0.1, 0.15) is 28.4 Å². The van der Waals surface area contributed by atoms with E-state index in [1.807, 2.05) is 32.0 Å². The fourth-order valence-electron chi connectivity index (χ4n) is 1.31. The van der Waals surface area contributed by atoms with Crippen LogP contribution < -0.4 is 0 Å². The summed E-state index contributed by atoms with van der Waals surface area (Å²) in [5.74, 6) is 0.540. The summed E-state index contributed by atoms with van der Waals surface area (Å²) in [6, 6.07) is 5.72. The standard InChI is InChI=1S/C11H12BrClO/c1-7-3-9(6-13)5-10(4-7)11(14)8(2)12/h3-5,8H,6H2,1-2H3. The molecule has 0 bridgehead atoms. The molecule has 0 aliphatic carbocycles. The Morgan fingerprint density at radius 3 is 2.64 bits per heavy atom. The van der Waals surface area contributed by atoms with Gasteiger partial charge in [0, 0.05) is 11.4 Å². The van der Waals surface area contributed by atoms with Crippen LogP contribution in [0, 0.1) is 6.92 Å². The van der Waals surface area contributed by atoms with Gasteiger partial charge in [-0.05, 0) is 31.5 Å². The molecule has 0 spiro atoms. The van der Waals surface area contributed by atoms with Crippen LogP contribution in [0.5, 0.6) is 0 Å². The molecule has 0 heterocycles. The Hall–Kier alpha value is -0.340. The van der Waals surface area contributed by atoms with Crippen molar-refractivity contribution in [2.75, 3.05) is 0 Å². The maximum Gasteiger partial charge on any atom is 0.176 e. The van der Waals surface area contributed by atoms with Gasteiger partial charge in [0.25, 0.3) is 0 Å². The van der Waals surface area contributed by atoms with Gasteiger partial charge in [-0.25, -0.2) is 0 Å². The van der Waals surface area contributed by atoms with Gasteiger partial charge in [-0.3, -0.25) is 4.79 Å². The van der Waals surface area contributed by atoms with E-state index in [-0.39, 0.29) is 10.6 Å². The molecule has 0 saturated heterocycles. The number of hydrogen-bond donors (Lipinski definition) is 0. The predicted octanol–water partition coefficient (Wildman–Crippen LogP) is 3.70. The lowest BCUT2D eigenvalue weighted by atomic mass is 10.0. The molecule has 0 N–H and O–H groups in total. The molecule has 3 heteroatoms. The van der Waals surface area contributed by atoms with Crippen molar-refractivity contribution in [2.24, 2.45) is 0 Å². The van der Waals surface area contributed by atoms with Crippen molar-refractivity contribution in [2.45, 2.75) is 24.6 Å². The number of halogens is 2. The van der Waals surface area contributed by atoms with Gasteiger partial charge >= 0.3 is 0 Å². The molecule has 0 amide bonds. The minimum absolute atomic E-state index is 0.0973. The molecule has 1 aromatic rings. The summed E-state index contributed by atoms with van der Waals surface area (Å²) in [4.78, 5) is 11.5. The molecule has 0 radical (unpaired) electrons. The van der Waals surface area contributed by atoms with Crippen molar-refractivity contribution in [3.05, 3.63) is 34.9 Å². The lowest BCUT2D eigenvalue weighted by molar-refractivity contribution is 0.0995. The van der Waals surface area contributed by atoms with E-state index in [2.05, 4.69) is 15.9 Å². The number of rotatable bonds is 3. The summed E-state index contributed by atoms with van der Waals surface area (Å²) in [7, 11) is 0. The third kappa shape index (κ3) is 2.82. The van der Waals surface area contributed by atoms with Crippen molar-refractivity contribution >= 4 is 33.3 Å². The van der Waals surface area contributed by atoms with Crippen LogP contribution in [0.3, 0.4) is 0 Å². The Bertz CT molecular complexity index is 347. The Kier molecular flexibility index (Phi) is 4.14. The van der Waals surface area contributed by atoms with Crippen LogP contribution in [0.25, 0.3) is 0 Å². The normalized spacial score (nSPS) is 12.6. The summed E-state index contributed by atoms with van der Waals surface area (Å²) in [6.07, 6.45) is 0. The molecule has 14 heavy (non-hydrogen) atoms. The number of carbonyl (C=O) groups is 1. The second-order valence-electron chi connectivity index (χ2n) is 3.32. The highest BCUT2D eigenvalue weighted by atomic mass is 79.9. The number of benzene rings is 1. The monoisotopic (exact) mass is 274 g/mol. The minimum Gasteiger partial charge on any atom is -0.293 e. The van der Waals surface area contributed by atoms with E-state index in [1.54, 1.807) is 0 Å². The topological polar surface area (TPSA) is 17.1 Å². The highest BCUT2D eigenvalue weighted by molar-refractivity contribution is 9.10. The first-order valence-corrected chi connectivity index (χ1v) is 5.84. The molecular formula is C11H12BrClO. The van der Waals surface area contributed by atoms with Crippen LogP contribution in [-0.2, 0) is 5.88 Å². The lowest BCUT2D eigenvalue weighted by Crippen LogP contribution is -2.10. The van der Waals surface area contributed by atoms with Gasteiger partial charge in [-0.1, -0.05) is 27.6 Å². The number of Topliss-reactive ketones (excluding diaryl/α,β-unsaturated/α-hetero) is 1. The van der Waals surface area contributed by atoms with Gasteiger partial charge in [0.2, 0.25) is 0 Å². The Morgan fingerprint density at radius 1 is 1.50 bits per heavy atom. The van der Waals surface area contributed by atoms with Crippen LogP contribution in [0.15, 0.2) is 18.2 Å². The molecule has 1 nitrogen and oxygen atoms in total. The van der Waals surface area contributed by atoms with Gasteiger partial charge in [0.05, 0.1) is 4.83 Å². The summed E-state index contributed by atoms with van der Waals surface area (Å²) < 4.78 is 0. The highest BCUT2D eigenvalue weighted by Gasteiger charge is 2.12. The van der Waals surface area contributed by atoms with Crippen molar-refractivity contribution in [3.8, 4) is 0 Å². The fraction of sp³-hybridized carbons (Fsp3) is 0.364. The minimum atomic E-state index is -0.146. The quantitative estimate of drug-likeness (QED) is 0.607. The van der Waals surface area contributed by atoms with Crippen molar-refractivity contribution < 1.29 is 4.79 Å². The average Bonchev–Trinajstić information content (AvgIpc) is 2.15. The molecule has 0 aromatic heterocycles. The van der Waals surface area contributed by atoms with E-state index in [0.717, 1.165) is 16.7 Å². The summed E-state index contributed by atoms with van der Waals surface area (Å²) in [5, 5.41) is 0. The van der Waals surface area contributed by atoms with Gasteiger partial charge in [0.15, 0.2) is 5.78 Å².